The van der Waals surface area contributed by atoms with Gasteiger partial charge in [0, 0.05) is 59.2 Å². The van der Waals surface area contributed by atoms with Crippen LogP contribution in [0.5, 0.6) is 11.5 Å². The number of sulfonamides is 1. The van der Waals surface area contributed by atoms with E-state index in [9.17, 15) is 22.8 Å². The number of amides is 2. The van der Waals surface area contributed by atoms with Gasteiger partial charge in [-0.3, -0.25) is 19.1 Å². The van der Waals surface area contributed by atoms with Gasteiger partial charge in [0.1, 0.15) is 28.3 Å². The molecule has 8 rings (SSSR count). The summed E-state index contributed by atoms with van der Waals surface area (Å²) in [5, 5.41) is 6.34. The van der Waals surface area contributed by atoms with E-state index in [2.05, 4.69) is 29.6 Å². The number of carbonyl (C=O) groups excluding carboxylic acids is 3. The summed E-state index contributed by atoms with van der Waals surface area (Å²) in [6.07, 6.45) is 11.2. The second-order valence-electron chi connectivity index (χ2n) is 17.4. The summed E-state index contributed by atoms with van der Waals surface area (Å²) in [6.45, 7) is 7.97. The molecule has 2 aliphatic heterocycles. The Balaban J connectivity index is 1.15. The van der Waals surface area contributed by atoms with Crippen molar-refractivity contribution in [1.82, 2.24) is 24.6 Å². The first-order valence-electron chi connectivity index (χ1n) is 20.8. The van der Waals surface area contributed by atoms with E-state index < -0.39 is 44.2 Å². The average Bonchev–Trinajstić information content (AvgIpc) is 3.79. The van der Waals surface area contributed by atoms with Crippen LogP contribution in [0.25, 0.3) is 21.6 Å². The second-order valence-corrected chi connectivity index (χ2v) is 21.4. The third kappa shape index (κ3) is 8.31. The molecule has 2 aliphatic carbocycles. The molecule has 0 bridgehead atoms. The smallest absolute Gasteiger partial charge is 0.240 e. The fraction of sp³-hybridized carbons (Fsp3) is 0.545. The van der Waals surface area contributed by atoms with Crippen molar-refractivity contribution in [2.75, 3.05) is 13.7 Å². The van der Waals surface area contributed by atoms with Gasteiger partial charge in [-0.05, 0) is 76.3 Å². The number of methoxy groups -OCH3 is 1. The van der Waals surface area contributed by atoms with Crippen molar-refractivity contribution in [3.63, 3.8) is 0 Å². The van der Waals surface area contributed by atoms with Gasteiger partial charge in [-0.25, -0.2) is 23.4 Å². The summed E-state index contributed by atoms with van der Waals surface area (Å²) in [4.78, 5) is 59.8. The molecule has 5 heterocycles. The van der Waals surface area contributed by atoms with Crippen molar-refractivity contribution in [3.05, 3.63) is 63.6 Å². The zero-order valence-corrected chi connectivity index (χ0v) is 36.8. The van der Waals surface area contributed by atoms with Crippen molar-refractivity contribution in [2.24, 2.45) is 17.3 Å². The van der Waals surface area contributed by atoms with Crippen molar-refractivity contribution < 1.29 is 32.3 Å². The molecule has 3 fully saturated rings. The van der Waals surface area contributed by atoms with Crippen LogP contribution in [0.3, 0.4) is 0 Å². The number of allylic oxidation sites excluding steroid dienone is 2. The Labute approximate surface area is 354 Å². The van der Waals surface area contributed by atoms with Gasteiger partial charge >= 0.3 is 0 Å². The van der Waals surface area contributed by atoms with Gasteiger partial charge in [-0.15, -0.1) is 22.7 Å². The van der Waals surface area contributed by atoms with Gasteiger partial charge in [0.05, 0.1) is 46.1 Å². The van der Waals surface area contributed by atoms with Crippen molar-refractivity contribution >= 4 is 61.2 Å². The molecule has 0 unspecified atom stereocenters. The predicted molar refractivity (Wildman–Crippen MR) is 229 cm³/mol. The number of nitrogens with one attached hydrogen (secondary N) is 1. The first-order valence-corrected chi connectivity index (χ1v) is 24.0. The van der Waals surface area contributed by atoms with Gasteiger partial charge in [-0.2, -0.15) is 0 Å². The molecule has 2 saturated carbocycles. The van der Waals surface area contributed by atoms with E-state index >= 15 is 0 Å². The molecule has 12 nitrogen and oxygen atoms in total. The van der Waals surface area contributed by atoms with Crippen LogP contribution in [0.2, 0.25) is 0 Å². The Morgan fingerprint density at radius 1 is 1.10 bits per heavy atom. The minimum absolute atomic E-state index is 0.127. The monoisotopic (exact) mass is 859 g/mol. The Morgan fingerprint density at radius 2 is 1.92 bits per heavy atom. The van der Waals surface area contributed by atoms with E-state index in [1.54, 1.807) is 25.1 Å². The second kappa shape index (κ2) is 16.3. The SMILES string of the molecule is COc1ccc2c(O[C@@H]3C[C@H]4C(=O)C[C@]5(C(=O)NS(=O)(=O)C6(C)CC6)C[C@H]5/C=C\CCCCC[C@H](Cc5nccs5)C(=O)N4C3)cc(-c3nc(C(C)C)cs3)nc2c1C. The number of hydrogen-bond donors (Lipinski definition) is 1. The number of fused-ring (bicyclic) bond motifs is 3. The molecule has 1 aromatic carbocycles. The van der Waals surface area contributed by atoms with Crippen LogP contribution < -0.4 is 14.2 Å². The number of benzene rings is 1. The predicted octanol–water partition coefficient (Wildman–Crippen LogP) is 7.95. The zero-order chi connectivity index (χ0) is 41.7. The number of aryl methyl sites for hydroxylation is 1. The standard InChI is InChI=1S/C44H53N5O7S3/c1-26(2)33-25-58-40(47-33)32-21-37(31-13-14-36(55-5)27(3)39(31)46-32)56-30-20-34-35(50)23-44(42(52)48-59(53,54)43(4)15-16-43)22-29(44)12-10-8-6-7-9-11-28(41(51)49(34)24-30)19-38-45-17-18-57-38/h10,12-14,17-18,21,25-26,28-30,34H,6-9,11,15-16,19-20,22-24H2,1-5H3,(H,48,52)/b12-10-/t28-,29-,30-,34+,44-/m1/s1. The Morgan fingerprint density at radius 3 is 2.63 bits per heavy atom. The lowest BCUT2D eigenvalue weighted by molar-refractivity contribution is -0.142. The van der Waals surface area contributed by atoms with Gasteiger partial charge in [0.2, 0.25) is 21.8 Å². The topological polar surface area (TPSA) is 158 Å². The van der Waals surface area contributed by atoms with Crippen LogP contribution in [0, 0.1) is 24.2 Å². The number of ketones is 1. The number of carbonyl (C=O) groups is 3. The molecule has 5 atom stereocenters. The maximum absolute atomic E-state index is 14.9. The lowest BCUT2D eigenvalue weighted by Gasteiger charge is -2.29. The largest absolute Gasteiger partial charge is 0.496 e. The van der Waals surface area contributed by atoms with E-state index in [0.717, 1.165) is 52.3 Å². The molecule has 4 aromatic rings. The molecule has 1 N–H and O–H groups in total. The Kier molecular flexibility index (Phi) is 11.5. The highest BCUT2D eigenvalue weighted by atomic mass is 32.2. The summed E-state index contributed by atoms with van der Waals surface area (Å²) < 4.78 is 40.6. The summed E-state index contributed by atoms with van der Waals surface area (Å²) in [7, 11) is -2.30. The number of thiazole rings is 2. The lowest BCUT2D eigenvalue weighted by atomic mass is 9.90. The maximum atomic E-state index is 14.9. The van der Waals surface area contributed by atoms with E-state index in [1.807, 2.05) is 42.0 Å². The van der Waals surface area contributed by atoms with E-state index in [4.69, 9.17) is 19.4 Å². The average molecular weight is 860 g/mol. The first-order chi connectivity index (χ1) is 28.2. The Bertz CT molecular complexity index is 2390. The number of ether oxygens (including phenoxy) is 2. The third-order valence-electron chi connectivity index (χ3n) is 12.9. The lowest BCUT2D eigenvalue weighted by Crippen LogP contribution is -2.47. The number of Topliss-reactive ketones (excluding diaryl/α,β-unsaturated/α-hetero) is 1. The van der Waals surface area contributed by atoms with Crippen LogP contribution in [0.15, 0.2) is 47.3 Å². The molecule has 4 aliphatic rings. The maximum Gasteiger partial charge on any atom is 0.240 e. The summed E-state index contributed by atoms with van der Waals surface area (Å²) in [5.74, 6) is -0.202. The van der Waals surface area contributed by atoms with Crippen molar-refractivity contribution in [3.8, 4) is 22.2 Å². The summed E-state index contributed by atoms with van der Waals surface area (Å²) in [6, 6.07) is 4.83. The first kappa shape index (κ1) is 41.5. The fourth-order valence-corrected chi connectivity index (χ4v) is 11.6. The van der Waals surface area contributed by atoms with Crippen LogP contribution in [0.1, 0.15) is 107 Å². The number of pyridine rings is 1. The molecular formula is C44H53N5O7S3. The highest BCUT2D eigenvalue weighted by Crippen LogP contribution is 2.58. The van der Waals surface area contributed by atoms with E-state index in [0.29, 0.717) is 54.8 Å². The number of nitrogens with zero attached hydrogens (tertiary/aromatic N) is 4. The summed E-state index contributed by atoms with van der Waals surface area (Å²) >= 11 is 3.03. The normalized spacial score (nSPS) is 26.4. The molecule has 2 amide bonds. The van der Waals surface area contributed by atoms with Crippen LogP contribution in [-0.2, 0) is 30.8 Å². The molecule has 15 heteroatoms. The fourth-order valence-electron chi connectivity index (χ4n) is 8.64. The Hall–Kier alpha value is -4.21. The van der Waals surface area contributed by atoms with Crippen molar-refractivity contribution in [2.45, 2.75) is 121 Å². The highest BCUT2D eigenvalue weighted by molar-refractivity contribution is 7.91. The minimum Gasteiger partial charge on any atom is -0.496 e. The molecule has 314 valence electrons. The molecular weight excluding hydrogens is 807 g/mol. The van der Waals surface area contributed by atoms with Crippen LogP contribution in [0.4, 0.5) is 0 Å². The van der Waals surface area contributed by atoms with Crippen LogP contribution >= 0.6 is 22.7 Å². The van der Waals surface area contributed by atoms with Gasteiger partial charge in [0.25, 0.3) is 0 Å². The van der Waals surface area contributed by atoms with Crippen LogP contribution in [-0.4, -0.2) is 76.4 Å². The quantitative estimate of drug-likeness (QED) is 0.155. The zero-order valence-electron chi connectivity index (χ0n) is 34.4. The summed E-state index contributed by atoms with van der Waals surface area (Å²) in [5.41, 5.74) is 1.97. The van der Waals surface area contributed by atoms with Gasteiger partial charge in [0.15, 0.2) is 5.78 Å². The van der Waals surface area contributed by atoms with Gasteiger partial charge in [-0.1, -0.05) is 38.8 Å². The minimum atomic E-state index is -3.93. The van der Waals surface area contributed by atoms with Gasteiger partial charge < -0.3 is 14.4 Å². The van der Waals surface area contributed by atoms with E-state index in [-0.39, 0.29) is 42.9 Å². The number of hydrogen-bond acceptors (Lipinski definition) is 12. The highest BCUT2D eigenvalue weighted by Gasteiger charge is 2.62. The van der Waals surface area contributed by atoms with Crippen molar-refractivity contribution in [1.29, 1.82) is 0 Å². The molecule has 0 spiro atoms. The molecule has 1 saturated heterocycles. The molecule has 0 radical (unpaired) electrons. The number of rotatable bonds is 10. The molecule has 3 aromatic heterocycles. The molecule has 59 heavy (non-hydrogen) atoms. The van der Waals surface area contributed by atoms with E-state index in [1.165, 1.54) is 22.7 Å². The number of aromatic nitrogens is 3. The third-order valence-corrected chi connectivity index (χ3v) is 16.7.